The number of aromatic nitrogens is 3. The Morgan fingerprint density at radius 1 is 1.22 bits per heavy atom. The zero-order valence-corrected chi connectivity index (χ0v) is 18.8. The largest absolute Gasteiger partial charge is 0.872 e. The number of fused-ring (bicyclic) bond motifs is 1. The molecule has 4 rings (SSSR count). The van der Waals surface area contributed by atoms with Crippen molar-refractivity contribution < 1.29 is 14.5 Å². The summed E-state index contributed by atoms with van der Waals surface area (Å²) in [5, 5.41) is 26.6. The highest BCUT2D eigenvalue weighted by atomic mass is 35.5. The first-order valence-electron chi connectivity index (χ1n) is 9.94. The van der Waals surface area contributed by atoms with Crippen molar-refractivity contribution in [1.82, 2.24) is 15.6 Å². The maximum Gasteiger partial charge on any atom is 0.337 e. The van der Waals surface area contributed by atoms with E-state index in [0.29, 0.717) is 22.3 Å². The summed E-state index contributed by atoms with van der Waals surface area (Å²) in [4.78, 5) is 12.3. The number of halogens is 1. The van der Waals surface area contributed by atoms with Gasteiger partial charge in [-0.3, -0.25) is 4.79 Å². The van der Waals surface area contributed by atoms with Crippen LogP contribution in [-0.4, -0.2) is 28.1 Å². The van der Waals surface area contributed by atoms with Gasteiger partial charge >= 0.3 is 5.16 Å². The molecule has 0 spiro atoms. The van der Waals surface area contributed by atoms with Crippen LogP contribution in [0.5, 0.6) is 5.75 Å². The maximum absolute atomic E-state index is 12.3. The highest BCUT2D eigenvalue weighted by Gasteiger charge is 2.21. The summed E-state index contributed by atoms with van der Waals surface area (Å²) in [7, 11) is 0. The van der Waals surface area contributed by atoms with Crippen LogP contribution in [0.3, 0.4) is 0 Å². The topological polar surface area (TPSA) is 97.1 Å². The van der Waals surface area contributed by atoms with Crippen LogP contribution in [0.25, 0.3) is 22.2 Å². The molecule has 0 bridgehead atoms. The normalized spacial score (nSPS) is 11.3. The standard InChI is InChI=1S/C23H20ClN5O2S/c1-2-29-22(16-7-10-17(24)11-8-16)27-28-23(29)32-14-21(31)26-25-13-19-18-6-4-3-5-15(18)9-12-20(19)30/h3-13H,2,14H2,1H3,(H2,25,26,30,31). The predicted octanol–water partition coefficient (Wildman–Crippen LogP) is 3.51. The molecular weight excluding hydrogens is 446 g/mol. The van der Waals surface area contributed by atoms with E-state index in [1.807, 2.05) is 60.0 Å². The average Bonchev–Trinajstić information content (AvgIpc) is 3.22. The second kappa shape index (κ2) is 9.84. The summed E-state index contributed by atoms with van der Waals surface area (Å²) in [6, 6.07) is 18.3. The molecule has 1 aromatic heterocycles. The van der Waals surface area contributed by atoms with Crippen LogP contribution in [0.1, 0.15) is 12.5 Å². The lowest BCUT2D eigenvalue weighted by Gasteiger charge is -2.12. The van der Waals surface area contributed by atoms with Gasteiger partial charge in [0.2, 0.25) is 0 Å². The van der Waals surface area contributed by atoms with Gasteiger partial charge in [0.05, 0.1) is 29.2 Å². The maximum atomic E-state index is 12.3. The zero-order chi connectivity index (χ0) is 22.5. The molecule has 2 N–H and O–H groups in total. The van der Waals surface area contributed by atoms with Crippen molar-refractivity contribution in [3.63, 3.8) is 0 Å². The number of hydrazone groups is 1. The molecule has 0 fully saturated rings. The number of nitrogens with zero attached hydrogens (tertiary/aromatic N) is 3. The van der Waals surface area contributed by atoms with E-state index in [0.717, 1.165) is 22.2 Å². The van der Waals surface area contributed by atoms with Gasteiger partial charge in [-0.25, -0.2) is 9.99 Å². The number of carbonyl (C=O) groups excluding carboxylic acids is 1. The Morgan fingerprint density at radius 2 is 2.00 bits per heavy atom. The first-order chi connectivity index (χ1) is 15.6. The van der Waals surface area contributed by atoms with Crippen LogP contribution in [-0.2, 0) is 11.3 Å². The number of carbonyl (C=O) groups is 1. The van der Waals surface area contributed by atoms with Crippen LogP contribution in [0.4, 0.5) is 0 Å². The van der Waals surface area contributed by atoms with Gasteiger partial charge in [0.15, 0.2) is 0 Å². The van der Waals surface area contributed by atoms with E-state index < -0.39 is 0 Å². The van der Waals surface area contributed by atoms with Gasteiger partial charge in [0.1, 0.15) is 0 Å². The average molecular weight is 466 g/mol. The Balaban J connectivity index is 1.41. The molecule has 0 aliphatic carbocycles. The van der Waals surface area contributed by atoms with E-state index in [1.54, 1.807) is 6.07 Å². The number of aromatic amines is 1. The summed E-state index contributed by atoms with van der Waals surface area (Å²) < 4.78 is 1.99. The number of amides is 1. The van der Waals surface area contributed by atoms with Gasteiger partial charge in [-0.2, -0.15) is 5.10 Å². The van der Waals surface area contributed by atoms with Crippen LogP contribution in [0, 0.1) is 0 Å². The molecule has 162 valence electrons. The Hall–Kier alpha value is -3.36. The van der Waals surface area contributed by atoms with Gasteiger partial charge in [0, 0.05) is 5.02 Å². The third kappa shape index (κ3) is 4.76. The van der Waals surface area contributed by atoms with Gasteiger partial charge in [-0.15, -0.1) is 5.10 Å². The third-order valence-corrected chi connectivity index (χ3v) is 6.07. The van der Waals surface area contributed by atoms with E-state index in [2.05, 4.69) is 20.7 Å². The molecule has 0 unspecified atom stereocenters. The first kappa shape index (κ1) is 21.9. The number of thioether (sulfide) groups is 1. The molecule has 0 aliphatic rings. The van der Waals surface area contributed by atoms with Gasteiger partial charge in [0.25, 0.3) is 11.7 Å². The Labute approximate surface area is 194 Å². The van der Waals surface area contributed by atoms with Gasteiger partial charge < -0.3 is 5.11 Å². The molecule has 0 saturated heterocycles. The SMILES string of the molecule is CC[n+]1c(SCC(=O)NN=Cc2c([O-])ccc3ccccc23)n[nH]c1-c1ccc(Cl)cc1. The fraction of sp³-hybridized carbons (Fsp3) is 0.130. The van der Waals surface area contributed by atoms with Crippen molar-refractivity contribution in [1.29, 1.82) is 0 Å². The van der Waals surface area contributed by atoms with Crippen molar-refractivity contribution in [2.45, 2.75) is 18.6 Å². The van der Waals surface area contributed by atoms with E-state index in [-0.39, 0.29) is 17.4 Å². The quantitative estimate of drug-likeness (QED) is 0.189. The minimum Gasteiger partial charge on any atom is -0.872 e. The Bertz CT molecular complexity index is 1290. The summed E-state index contributed by atoms with van der Waals surface area (Å²) in [6.45, 7) is 2.69. The Kier molecular flexibility index (Phi) is 6.72. The van der Waals surface area contributed by atoms with E-state index in [4.69, 9.17) is 11.6 Å². The highest BCUT2D eigenvalue weighted by molar-refractivity contribution is 7.99. The highest BCUT2D eigenvalue weighted by Crippen LogP contribution is 2.23. The lowest BCUT2D eigenvalue weighted by Crippen LogP contribution is -2.36. The molecule has 9 heteroatoms. The molecule has 0 saturated carbocycles. The number of H-pyrrole nitrogens is 1. The second-order valence-electron chi connectivity index (χ2n) is 6.89. The molecule has 3 aromatic carbocycles. The predicted molar refractivity (Wildman–Crippen MR) is 125 cm³/mol. The molecule has 0 radical (unpaired) electrons. The van der Waals surface area contributed by atoms with Gasteiger partial charge in [-0.1, -0.05) is 53.7 Å². The van der Waals surface area contributed by atoms with Crippen LogP contribution in [0.15, 0.2) is 70.9 Å². The third-order valence-electron chi connectivity index (χ3n) is 4.84. The molecule has 1 amide bonds. The number of nitrogens with one attached hydrogen (secondary N) is 2. The second-order valence-corrected chi connectivity index (χ2v) is 8.27. The van der Waals surface area contributed by atoms with Crippen LogP contribution in [0.2, 0.25) is 5.02 Å². The molecule has 0 aliphatic heterocycles. The molecule has 4 aromatic rings. The van der Waals surface area contributed by atoms with Crippen molar-refractivity contribution in [3.05, 3.63) is 71.2 Å². The number of rotatable bonds is 7. The van der Waals surface area contributed by atoms with E-state index in [9.17, 15) is 9.90 Å². The monoisotopic (exact) mass is 465 g/mol. The summed E-state index contributed by atoms with van der Waals surface area (Å²) in [5.41, 5.74) is 3.88. The minimum atomic E-state index is -0.294. The van der Waals surface area contributed by atoms with Crippen molar-refractivity contribution in [2.24, 2.45) is 5.10 Å². The van der Waals surface area contributed by atoms with Crippen molar-refractivity contribution in [2.75, 3.05) is 5.75 Å². The van der Waals surface area contributed by atoms with Crippen LogP contribution < -0.4 is 15.1 Å². The van der Waals surface area contributed by atoms with E-state index in [1.165, 1.54) is 24.0 Å². The van der Waals surface area contributed by atoms with Gasteiger partial charge in [-0.05, 0) is 59.3 Å². The number of benzene rings is 3. The summed E-state index contributed by atoms with van der Waals surface area (Å²) in [6.07, 6.45) is 1.40. The molecule has 0 atom stereocenters. The molecule has 7 nitrogen and oxygen atoms in total. The number of hydrogen-bond acceptors (Lipinski definition) is 5. The summed E-state index contributed by atoms with van der Waals surface area (Å²) >= 11 is 7.27. The van der Waals surface area contributed by atoms with Crippen LogP contribution >= 0.6 is 23.4 Å². The zero-order valence-electron chi connectivity index (χ0n) is 17.2. The lowest BCUT2D eigenvalue weighted by atomic mass is 10.0. The summed E-state index contributed by atoms with van der Waals surface area (Å²) in [5.74, 6) is 0.523. The smallest absolute Gasteiger partial charge is 0.337 e. The molecular formula is C23H20ClN5O2S. The Morgan fingerprint density at radius 3 is 2.78 bits per heavy atom. The van der Waals surface area contributed by atoms with E-state index >= 15 is 0 Å². The van der Waals surface area contributed by atoms with Crippen molar-refractivity contribution >= 4 is 46.3 Å². The fourth-order valence-electron chi connectivity index (χ4n) is 3.29. The first-order valence-corrected chi connectivity index (χ1v) is 11.3. The van der Waals surface area contributed by atoms with Crippen molar-refractivity contribution in [3.8, 4) is 17.1 Å². The minimum absolute atomic E-state index is 0.127. The lowest BCUT2D eigenvalue weighted by molar-refractivity contribution is -0.719. The molecule has 32 heavy (non-hydrogen) atoms. The fourth-order valence-corrected chi connectivity index (χ4v) is 4.23. The molecule has 1 heterocycles. The number of hydrogen-bond donors (Lipinski definition) is 2.